The van der Waals surface area contributed by atoms with Crippen molar-refractivity contribution < 1.29 is 4.79 Å². The molecule has 15 heavy (non-hydrogen) atoms. The maximum Gasteiger partial charge on any atom is 0.181 e. The highest BCUT2D eigenvalue weighted by molar-refractivity contribution is 9.10. The lowest BCUT2D eigenvalue weighted by Crippen LogP contribution is -2.14. The van der Waals surface area contributed by atoms with E-state index < -0.39 is 4.83 Å². The van der Waals surface area contributed by atoms with Crippen molar-refractivity contribution in [3.05, 3.63) is 45.4 Å². The van der Waals surface area contributed by atoms with Crippen LogP contribution in [0.25, 0.3) is 0 Å². The second-order valence-corrected chi connectivity index (χ2v) is 4.97. The normalized spacial score (nSPS) is 12.0. The van der Waals surface area contributed by atoms with Crippen LogP contribution < -0.4 is 0 Å². The number of Topliss-reactive ketones (excluding diaryl/α,β-unsaturated/α-hetero) is 1. The summed E-state index contributed by atoms with van der Waals surface area (Å²) in [6, 6.07) is 8.76. The summed E-state index contributed by atoms with van der Waals surface area (Å²) in [6.07, 6.45) is 0. The summed E-state index contributed by atoms with van der Waals surface area (Å²) in [4.78, 5) is 11.1. The third kappa shape index (κ3) is 3.49. The first kappa shape index (κ1) is 13.0. The van der Waals surface area contributed by atoms with E-state index in [0.717, 1.165) is 0 Å². The largest absolute Gasteiger partial charge is 0.292 e. The fraction of sp³-hybridized carbons (Fsp3) is 0.100. The number of benzene rings is 1. The molecule has 0 aliphatic rings. The Kier molecular flexibility index (Phi) is 5.13. The van der Waals surface area contributed by atoms with Crippen molar-refractivity contribution in [1.29, 1.82) is 0 Å². The average molecular weight is 328 g/mol. The van der Waals surface area contributed by atoms with Crippen LogP contribution >= 0.6 is 50.7 Å². The van der Waals surface area contributed by atoms with Crippen molar-refractivity contribution in [3.63, 3.8) is 0 Å². The molecule has 0 aromatic heterocycles. The van der Waals surface area contributed by atoms with Crippen molar-refractivity contribution in [2.24, 2.45) is 0 Å². The Hall–Kier alpha value is -0.0200. The molecule has 1 aromatic rings. The first-order valence-corrected chi connectivity index (χ1v) is 6.03. The van der Waals surface area contributed by atoms with Gasteiger partial charge < -0.3 is 0 Å². The number of allylic oxidation sites excluding steroid dienone is 1. The second-order valence-electron chi connectivity index (χ2n) is 2.70. The Morgan fingerprint density at radius 1 is 1.13 bits per heavy atom. The summed E-state index contributed by atoms with van der Waals surface area (Å²) in [7, 11) is 0. The van der Waals surface area contributed by atoms with Gasteiger partial charge in [0.15, 0.2) is 5.78 Å². The minimum absolute atomic E-state index is 0.0900. The van der Waals surface area contributed by atoms with Gasteiger partial charge in [0.05, 0.1) is 5.03 Å². The summed E-state index contributed by atoms with van der Waals surface area (Å²) in [5.74, 6) is -0.181. The minimum atomic E-state index is -0.702. The SMILES string of the molecule is O=C(c1ccccc1)C(Br)C(Cl)=C(Cl)Cl. The Morgan fingerprint density at radius 3 is 2.13 bits per heavy atom. The summed E-state index contributed by atoms with van der Waals surface area (Å²) >= 11 is 19.9. The van der Waals surface area contributed by atoms with Crippen molar-refractivity contribution >= 4 is 56.5 Å². The zero-order valence-corrected chi connectivity index (χ0v) is 11.2. The molecule has 80 valence electrons. The van der Waals surface area contributed by atoms with E-state index >= 15 is 0 Å². The Bertz CT molecular complexity index is 385. The van der Waals surface area contributed by atoms with E-state index in [-0.39, 0.29) is 15.3 Å². The Balaban J connectivity index is 2.93. The highest BCUT2D eigenvalue weighted by Crippen LogP contribution is 2.28. The number of alkyl halides is 1. The lowest BCUT2D eigenvalue weighted by molar-refractivity contribution is 0.100. The molecule has 0 saturated heterocycles. The predicted octanol–water partition coefficient (Wildman–Crippen LogP) is 4.52. The molecule has 1 unspecified atom stereocenters. The van der Waals surface area contributed by atoms with E-state index in [4.69, 9.17) is 34.8 Å². The van der Waals surface area contributed by atoms with Gasteiger partial charge in [0.25, 0.3) is 0 Å². The van der Waals surface area contributed by atoms with Gasteiger partial charge in [-0.3, -0.25) is 4.79 Å². The number of carbonyl (C=O) groups excluding carboxylic acids is 1. The molecule has 0 amide bonds. The lowest BCUT2D eigenvalue weighted by Gasteiger charge is -2.07. The van der Waals surface area contributed by atoms with Crippen LogP contribution in [0.3, 0.4) is 0 Å². The topological polar surface area (TPSA) is 17.1 Å². The van der Waals surface area contributed by atoms with Crippen LogP contribution in [0, 0.1) is 0 Å². The molecule has 1 nitrogen and oxygen atoms in total. The van der Waals surface area contributed by atoms with Gasteiger partial charge in [0, 0.05) is 5.56 Å². The van der Waals surface area contributed by atoms with Crippen LogP contribution in [0.1, 0.15) is 10.4 Å². The van der Waals surface area contributed by atoms with Gasteiger partial charge in [-0.1, -0.05) is 81.1 Å². The molecule has 5 heteroatoms. The van der Waals surface area contributed by atoms with Gasteiger partial charge in [0.1, 0.15) is 9.32 Å². The Morgan fingerprint density at radius 2 is 1.67 bits per heavy atom. The third-order valence-electron chi connectivity index (χ3n) is 1.69. The quantitative estimate of drug-likeness (QED) is 0.589. The molecular weight excluding hydrogens is 322 g/mol. The van der Waals surface area contributed by atoms with Crippen molar-refractivity contribution in [2.45, 2.75) is 4.83 Å². The zero-order valence-electron chi connectivity index (χ0n) is 7.38. The van der Waals surface area contributed by atoms with Crippen molar-refractivity contribution in [2.75, 3.05) is 0 Å². The first-order chi connectivity index (χ1) is 7.04. The molecule has 0 fully saturated rings. The first-order valence-electron chi connectivity index (χ1n) is 3.98. The molecule has 0 radical (unpaired) electrons. The average Bonchev–Trinajstić information content (AvgIpc) is 2.27. The predicted molar refractivity (Wildman–Crippen MR) is 68.1 cm³/mol. The standard InChI is InChI=1S/C10H6BrCl3O/c11-7(8(12)10(13)14)9(15)6-4-2-1-3-5-6/h1-5,7H. The van der Waals surface area contributed by atoms with Crippen LogP contribution in [0.4, 0.5) is 0 Å². The van der Waals surface area contributed by atoms with Crippen molar-refractivity contribution in [3.8, 4) is 0 Å². The molecule has 0 spiro atoms. The number of rotatable bonds is 3. The maximum absolute atomic E-state index is 11.8. The fourth-order valence-electron chi connectivity index (χ4n) is 0.960. The molecule has 0 heterocycles. The fourth-order valence-corrected chi connectivity index (χ4v) is 2.03. The van der Waals surface area contributed by atoms with Gasteiger partial charge in [0.2, 0.25) is 0 Å². The number of hydrogen-bond donors (Lipinski definition) is 0. The molecule has 0 saturated carbocycles. The van der Waals surface area contributed by atoms with Gasteiger partial charge in [-0.15, -0.1) is 0 Å². The number of halogens is 4. The molecule has 0 aliphatic carbocycles. The van der Waals surface area contributed by atoms with E-state index in [0.29, 0.717) is 5.56 Å². The highest BCUT2D eigenvalue weighted by Gasteiger charge is 2.21. The van der Waals surface area contributed by atoms with Crippen LogP contribution in [0.5, 0.6) is 0 Å². The zero-order chi connectivity index (χ0) is 11.4. The van der Waals surface area contributed by atoms with Crippen LogP contribution in [-0.4, -0.2) is 10.6 Å². The lowest BCUT2D eigenvalue weighted by atomic mass is 10.1. The third-order valence-corrected chi connectivity index (χ3v) is 3.84. The van der Waals surface area contributed by atoms with E-state index in [1.54, 1.807) is 24.3 Å². The second kappa shape index (κ2) is 5.90. The van der Waals surface area contributed by atoms with E-state index in [9.17, 15) is 4.79 Å². The molecule has 0 bridgehead atoms. The maximum atomic E-state index is 11.8. The number of carbonyl (C=O) groups is 1. The molecule has 1 atom stereocenters. The number of hydrogen-bond acceptors (Lipinski definition) is 1. The summed E-state index contributed by atoms with van der Waals surface area (Å²) in [5.41, 5.74) is 0.548. The van der Waals surface area contributed by atoms with Gasteiger partial charge in [-0.25, -0.2) is 0 Å². The highest BCUT2D eigenvalue weighted by atomic mass is 79.9. The summed E-state index contributed by atoms with van der Waals surface area (Å²) in [6.45, 7) is 0. The molecule has 1 rings (SSSR count). The van der Waals surface area contributed by atoms with E-state index in [1.165, 1.54) is 0 Å². The van der Waals surface area contributed by atoms with Crippen LogP contribution in [0.15, 0.2) is 39.9 Å². The van der Waals surface area contributed by atoms with Crippen molar-refractivity contribution in [1.82, 2.24) is 0 Å². The van der Waals surface area contributed by atoms with Gasteiger partial charge in [-0.2, -0.15) is 0 Å². The van der Waals surface area contributed by atoms with E-state index in [1.807, 2.05) is 6.07 Å². The van der Waals surface area contributed by atoms with Crippen LogP contribution in [0.2, 0.25) is 0 Å². The van der Waals surface area contributed by atoms with E-state index in [2.05, 4.69) is 15.9 Å². The molecule has 0 N–H and O–H groups in total. The molecule has 1 aromatic carbocycles. The number of ketones is 1. The monoisotopic (exact) mass is 326 g/mol. The molecule has 0 aliphatic heterocycles. The summed E-state index contributed by atoms with van der Waals surface area (Å²) < 4.78 is -0.108. The van der Waals surface area contributed by atoms with Gasteiger partial charge >= 0.3 is 0 Å². The van der Waals surface area contributed by atoms with Crippen LogP contribution in [-0.2, 0) is 0 Å². The van der Waals surface area contributed by atoms with Gasteiger partial charge in [-0.05, 0) is 0 Å². The summed E-state index contributed by atoms with van der Waals surface area (Å²) in [5, 5.41) is 0.0900. The molecular formula is C10H6BrCl3O. The Labute approximate surface area is 111 Å². The minimum Gasteiger partial charge on any atom is -0.292 e. The smallest absolute Gasteiger partial charge is 0.181 e.